The number of carbonyl (C=O) groups excluding carboxylic acids is 1. The molecule has 1 heterocycles. The standard InChI is InChI=1S/C25H35N3O2/c1-19-6-11-23(22(16-19)25(2,3)4)30-18-24(29)26-21-9-7-20(8-10-21)17-28-14-12-27(5)13-15-28/h6-11,16H,12-15,17-18H2,1-5H3,(H,26,29). The van der Waals surface area contributed by atoms with Crippen LogP contribution in [0.1, 0.15) is 37.5 Å². The number of nitrogens with zero attached hydrogens (tertiary/aromatic N) is 2. The third-order valence-electron chi connectivity index (χ3n) is 5.54. The summed E-state index contributed by atoms with van der Waals surface area (Å²) in [5, 5.41) is 2.93. The van der Waals surface area contributed by atoms with Crippen LogP contribution in [0.3, 0.4) is 0 Å². The maximum Gasteiger partial charge on any atom is 0.262 e. The molecule has 30 heavy (non-hydrogen) atoms. The van der Waals surface area contributed by atoms with Crippen molar-refractivity contribution >= 4 is 11.6 Å². The first-order chi connectivity index (χ1) is 14.2. The molecule has 2 aromatic carbocycles. The van der Waals surface area contributed by atoms with Crippen molar-refractivity contribution in [1.29, 1.82) is 0 Å². The Morgan fingerprint density at radius 2 is 1.70 bits per heavy atom. The van der Waals surface area contributed by atoms with Gasteiger partial charge >= 0.3 is 0 Å². The van der Waals surface area contributed by atoms with Crippen LogP contribution in [-0.4, -0.2) is 55.5 Å². The van der Waals surface area contributed by atoms with Crippen molar-refractivity contribution in [1.82, 2.24) is 9.80 Å². The fraction of sp³-hybridized carbons (Fsp3) is 0.480. The number of benzene rings is 2. The largest absolute Gasteiger partial charge is 0.483 e. The lowest BCUT2D eigenvalue weighted by molar-refractivity contribution is -0.118. The van der Waals surface area contributed by atoms with E-state index in [1.165, 1.54) is 11.1 Å². The normalized spacial score (nSPS) is 15.8. The monoisotopic (exact) mass is 409 g/mol. The number of likely N-dealkylation sites (N-methyl/N-ethyl adjacent to an activating group) is 1. The molecule has 5 heteroatoms. The Morgan fingerprint density at radius 3 is 2.33 bits per heavy atom. The number of hydrogen-bond donors (Lipinski definition) is 1. The fourth-order valence-electron chi connectivity index (χ4n) is 3.65. The predicted molar refractivity (Wildman–Crippen MR) is 123 cm³/mol. The van der Waals surface area contributed by atoms with E-state index in [9.17, 15) is 4.79 Å². The van der Waals surface area contributed by atoms with Gasteiger partial charge in [-0.05, 0) is 48.7 Å². The second kappa shape index (κ2) is 9.63. The van der Waals surface area contributed by atoms with Crippen molar-refractivity contribution in [2.75, 3.05) is 45.2 Å². The molecule has 1 amide bonds. The van der Waals surface area contributed by atoms with E-state index in [1.807, 2.05) is 24.3 Å². The minimum atomic E-state index is -0.151. The van der Waals surface area contributed by atoms with Crippen LogP contribution in [0.2, 0.25) is 0 Å². The van der Waals surface area contributed by atoms with Gasteiger partial charge in [0.15, 0.2) is 6.61 Å². The van der Waals surface area contributed by atoms with Crippen LogP contribution in [-0.2, 0) is 16.8 Å². The first-order valence-electron chi connectivity index (χ1n) is 10.7. The van der Waals surface area contributed by atoms with Gasteiger partial charge in [0.25, 0.3) is 5.91 Å². The van der Waals surface area contributed by atoms with Crippen LogP contribution in [0, 0.1) is 6.92 Å². The zero-order valence-electron chi connectivity index (χ0n) is 19.0. The Morgan fingerprint density at radius 1 is 1.03 bits per heavy atom. The number of carbonyl (C=O) groups is 1. The average Bonchev–Trinajstić information content (AvgIpc) is 2.69. The van der Waals surface area contributed by atoms with E-state index >= 15 is 0 Å². The molecule has 5 nitrogen and oxygen atoms in total. The number of amides is 1. The first kappa shape index (κ1) is 22.3. The van der Waals surface area contributed by atoms with Crippen LogP contribution in [0.4, 0.5) is 5.69 Å². The van der Waals surface area contributed by atoms with Gasteiger partial charge in [-0.1, -0.05) is 50.6 Å². The predicted octanol–water partition coefficient (Wildman–Crippen LogP) is 4.06. The van der Waals surface area contributed by atoms with Crippen molar-refractivity contribution in [3.63, 3.8) is 0 Å². The summed E-state index contributed by atoms with van der Waals surface area (Å²) in [5.41, 5.74) is 4.32. The van der Waals surface area contributed by atoms with Crippen molar-refractivity contribution in [2.24, 2.45) is 0 Å². The molecule has 3 rings (SSSR count). The molecule has 0 radical (unpaired) electrons. The lowest BCUT2D eigenvalue weighted by Gasteiger charge is -2.32. The highest BCUT2D eigenvalue weighted by Crippen LogP contribution is 2.32. The summed E-state index contributed by atoms with van der Waals surface area (Å²) in [5.74, 6) is 0.619. The number of hydrogen-bond acceptors (Lipinski definition) is 4. The van der Waals surface area contributed by atoms with Gasteiger partial charge in [0.1, 0.15) is 5.75 Å². The summed E-state index contributed by atoms with van der Waals surface area (Å²) >= 11 is 0. The number of aryl methyl sites for hydroxylation is 1. The van der Waals surface area contributed by atoms with Gasteiger partial charge in [-0.25, -0.2) is 0 Å². The lowest BCUT2D eigenvalue weighted by Crippen LogP contribution is -2.43. The van der Waals surface area contributed by atoms with E-state index < -0.39 is 0 Å². The van der Waals surface area contributed by atoms with E-state index in [1.54, 1.807) is 0 Å². The molecule has 1 N–H and O–H groups in total. The number of ether oxygens (including phenoxy) is 1. The molecule has 0 unspecified atom stereocenters. The van der Waals surface area contributed by atoms with Crippen LogP contribution in [0.15, 0.2) is 42.5 Å². The number of nitrogens with one attached hydrogen (secondary N) is 1. The van der Waals surface area contributed by atoms with Crippen LogP contribution < -0.4 is 10.1 Å². The Bertz CT molecular complexity index is 848. The smallest absolute Gasteiger partial charge is 0.262 e. The molecule has 1 fully saturated rings. The third kappa shape index (κ3) is 6.31. The quantitative estimate of drug-likeness (QED) is 0.782. The number of anilines is 1. The number of rotatable bonds is 6. The highest BCUT2D eigenvalue weighted by molar-refractivity contribution is 5.91. The molecule has 0 aliphatic carbocycles. The average molecular weight is 410 g/mol. The molecule has 0 atom stereocenters. The summed E-state index contributed by atoms with van der Waals surface area (Å²) in [7, 11) is 2.17. The second-order valence-corrected chi connectivity index (χ2v) is 9.36. The summed E-state index contributed by atoms with van der Waals surface area (Å²) in [6.07, 6.45) is 0. The second-order valence-electron chi connectivity index (χ2n) is 9.36. The van der Waals surface area contributed by atoms with Crippen molar-refractivity contribution in [3.05, 3.63) is 59.2 Å². The minimum absolute atomic E-state index is 0.00477. The molecule has 0 bridgehead atoms. The highest BCUT2D eigenvalue weighted by Gasteiger charge is 2.20. The van der Waals surface area contributed by atoms with Crippen molar-refractivity contribution in [2.45, 2.75) is 39.7 Å². The van der Waals surface area contributed by atoms with Crippen LogP contribution in [0.25, 0.3) is 0 Å². The zero-order chi connectivity index (χ0) is 21.7. The van der Waals surface area contributed by atoms with Gasteiger partial charge in [0.05, 0.1) is 0 Å². The van der Waals surface area contributed by atoms with Gasteiger partial charge in [-0.15, -0.1) is 0 Å². The maximum atomic E-state index is 12.4. The summed E-state index contributed by atoms with van der Waals surface area (Å²) in [6.45, 7) is 13.9. The maximum absolute atomic E-state index is 12.4. The van der Waals surface area contributed by atoms with Crippen molar-refractivity contribution in [3.8, 4) is 5.75 Å². The van der Waals surface area contributed by atoms with Gasteiger partial charge in [0, 0.05) is 38.4 Å². The van der Waals surface area contributed by atoms with Crippen LogP contribution in [0.5, 0.6) is 5.75 Å². The van der Waals surface area contributed by atoms with E-state index in [0.717, 1.165) is 49.7 Å². The molecule has 1 saturated heterocycles. The topological polar surface area (TPSA) is 44.8 Å². The molecule has 0 aromatic heterocycles. The van der Waals surface area contributed by atoms with E-state index in [2.05, 4.69) is 68.1 Å². The minimum Gasteiger partial charge on any atom is -0.483 e. The number of piperazine rings is 1. The van der Waals surface area contributed by atoms with Crippen LogP contribution >= 0.6 is 0 Å². The summed E-state index contributed by atoms with van der Waals surface area (Å²) in [4.78, 5) is 17.2. The Kier molecular flexibility index (Phi) is 7.16. The van der Waals surface area contributed by atoms with E-state index in [4.69, 9.17) is 4.74 Å². The zero-order valence-corrected chi connectivity index (χ0v) is 19.0. The van der Waals surface area contributed by atoms with Gasteiger partial charge in [0.2, 0.25) is 0 Å². The third-order valence-corrected chi connectivity index (χ3v) is 5.54. The Hall–Kier alpha value is -2.37. The highest BCUT2D eigenvalue weighted by atomic mass is 16.5. The van der Waals surface area contributed by atoms with Gasteiger partial charge in [-0.2, -0.15) is 0 Å². The Labute approximate surface area is 181 Å². The van der Waals surface area contributed by atoms with Crippen molar-refractivity contribution < 1.29 is 9.53 Å². The molecule has 1 aliphatic rings. The summed E-state index contributed by atoms with van der Waals surface area (Å²) in [6, 6.07) is 14.2. The van der Waals surface area contributed by atoms with Gasteiger partial charge < -0.3 is 15.0 Å². The molecule has 0 spiro atoms. The molecule has 2 aromatic rings. The lowest BCUT2D eigenvalue weighted by atomic mass is 9.85. The fourth-order valence-corrected chi connectivity index (χ4v) is 3.65. The molecular formula is C25H35N3O2. The van der Waals surface area contributed by atoms with Gasteiger partial charge in [-0.3, -0.25) is 9.69 Å². The molecular weight excluding hydrogens is 374 g/mol. The summed E-state index contributed by atoms with van der Waals surface area (Å²) < 4.78 is 5.86. The molecule has 162 valence electrons. The Balaban J connectivity index is 1.52. The first-order valence-corrected chi connectivity index (χ1v) is 10.7. The van der Waals surface area contributed by atoms with E-state index in [-0.39, 0.29) is 17.9 Å². The van der Waals surface area contributed by atoms with E-state index in [0.29, 0.717) is 0 Å². The molecule has 1 aliphatic heterocycles. The SMILES string of the molecule is Cc1ccc(OCC(=O)Nc2ccc(CN3CCN(C)CC3)cc2)c(C(C)(C)C)c1. The molecule has 0 saturated carbocycles.